The van der Waals surface area contributed by atoms with Gasteiger partial charge in [0.1, 0.15) is 0 Å². The van der Waals surface area contributed by atoms with E-state index >= 15 is 0 Å². The number of nitro groups is 1. The zero-order chi connectivity index (χ0) is 14.1. The second-order valence-electron chi connectivity index (χ2n) is 2.78. The van der Waals surface area contributed by atoms with E-state index < -0.39 is 40.8 Å². The van der Waals surface area contributed by atoms with E-state index in [1.807, 2.05) is 0 Å². The maximum absolute atomic E-state index is 12.7. The van der Waals surface area contributed by atoms with Crippen LogP contribution in [0.5, 0.6) is 5.75 Å². The standard InChI is InChI=1S/C7H2F6N2O3/c8-3-1-2(15(16)17)5(18-7(11,12)13)4(14-3)6(9)10/h1,6H. The maximum Gasteiger partial charge on any atom is 0.573 e. The fraction of sp³-hybridized carbons (Fsp3) is 0.286. The van der Waals surface area contributed by atoms with Crippen LogP contribution in [0.3, 0.4) is 0 Å². The molecular formula is C7H2F6N2O3. The van der Waals surface area contributed by atoms with Crippen LogP contribution in [0.1, 0.15) is 12.1 Å². The zero-order valence-corrected chi connectivity index (χ0v) is 8.04. The van der Waals surface area contributed by atoms with Gasteiger partial charge in [-0.05, 0) is 0 Å². The van der Waals surface area contributed by atoms with E-state index in [0.29, 0.717) is 0 Å². The molecule has 1 rings (SSSR count). The van der Waals surface area contributed by atoms with E-state index in [-0.39, 0.29) is 6.07 Å². The van der Waals surface area contributed by atoms with E-state index in [1.54, 1.807) is 0 Å². The van der Waals surface area contributed by atoms with E-state index in [9.17, 15) is 36.5 Å². The fourth-order valence-corrected chi connectivity index (χ4v) is 1.01. The summed E-state index contributed by atoms with van der Waals surface area (Å²) >= 11 is 0. The topological polar surface area (TPSA) is 65.3 Å². The molecule has 1 aromatic rings. The number of hydrogen-bond acceptors (Lipinski definition) is 4. The molecule has 0 atom stereocenters. The van der Waals surface area contributed by atoms with Crippen LogP contribution in [-0.2, 0) is 0 Å². The molecule has 18 heavy (non-hydrogen) atoms. The summed E-state index contributed by atoms with van der Waals surface area (Å²) in [6, 6.07) is -0.0487. The molecule has 1 heterocycles. The molecule has 11 heteroatoms. The molecule has 0 aromatic carbocycles. The smallest absolute Gasteiger partial charge is 0.396 e. The lowest BCUT2D eigenvalue weighted by molar-refractivity contribution is -0.389. The van der Waals surface area contributed by atoms with Gasteiger partial charge in [-0.25, -0.2) is 13.8 Å². The third kappa shape index (κ3) is 3.21. The van der Waals surface area contributed by atoms with Crippen molar-refractivity contribution in [2.45, 2.75) is 12.8 Å². The van der Waals surface area contributed by atoms with Gasteiger partial charge in [-0.1, -0.05) is 0 Å². The highest BCUT2D eigenvalue weighted by molar-refractivity contribution is 5.49. The van der Waals surface area contributed by atoms with Crippen LogP contribution < -0.4 is 4.74 Å². The van der Waals surface area contributed by atoms with Crippen LogP contribution in [0, 0.1) is 16.1 Å². The third-order valence-corrected chi connectivity index (χ3v) is 1.57. The number of alkyl halides is 5. The number of halogens is 6. The number of aromatic nitrogens is 1. The van der Waals surface area contributed by atoms with Crippen molar-refractivity contribution in [3.05, 3.63) is 27.8 Å². The highest BCUT2D eigenvalue weighted by Gasteiger charge is 2.38. The Hall–Kier alpha value is -2.07. The van der Waals surface area contributed by atoms with Gasteiger partial charge in [-0.2, -0.15) is 4.39 Å². The highest BCUT2D eigenvalue weighted by Crippen LogP contribution is 2.38. The Morgan fingerprint density at radius 1 is 1.39 bits per heavy atom. The molecule has 0 N–H and O–H groups in total. The average Bonchev–Trinajstić information content (AvgIpc) is 2.17. The molecule has 100 valence electrons. The van der Waals surface area contributed by atoms with Crippen molar-refractivity contribution < 1.29 is 36.0 Å². The average molecular weight is 276 g/mol. The monoisotopic (exact) mass is 276 g/mol. The summed E-state index contributed by atoms with van der Waals surface area (Å²) in [6.45, 7) is 0. The molecule has 0 radical (unpaired) electrons. The van der Waals surface area contributed by atoms with Gasteiger partial charge in [0.05, 0.1) is 11.0 Å². The van der Waals surface area contributed by atoms with Crippen molar-refractivity contribution in [3.8, 4) is 5.75 Å². The Balaban J connectivity index is 3.46. The van der Waals surface area contributed by atoms with Gasteiger partial charge in [-0.15, -0.1) is 13.2 Å². The van der Waals surface area contributed by atoms with E-state index in [4.69, 9.17) is 0 Å². The SMILES string of the molecule is O=[N+]([O-])c1cc(F)nc(C(F)F)c1OC(F)(F)F. The molecule has 0 aliphatic heterocycles. The molecule has 5 nitrogen and oxygen atoms in total. The molecule has 0 unspecified atom stereocenters. The lowest BCUT2D eigenvalue weighted by Crippen LogP contribution is -2.20. The Morgan fingerprint density at radius 2 is 1.94 bits per heavy atom. The van der Waals surface area contributed by atoms with E-state index in [0.717, 1.165) is 0 Å². The van der Waals surface area contributed by atoms with E-state index in [2.05, 4.69) is 9.72 Å². The van der Waals surface area contributed by atoms with E-state index in [1.165, 1.54) is 0 Å². The molecule has 1 aromatic heterocycles. The molecule has 0 fully saturated rings. The first kappa shape index (κ1) is 14.0. The van der Waals surface area contributed by atoms with Gasteiger partial charge >= 0.3 is 12.0 Å². The van der Waals surface area contributed by atoms with Crippen LogP contribution >= 0.6 is 0 Å². The highest BCUT2D eigenvalue weighted by atomic mass is 19.4. The molecular weight excluding hydrogens is 274 g/mol. The van der Waals surface area contributed by atoms with Gasteiger partial charge in [0, 0.05) is 0 Å². The van der Waals surface area contributed by atoms with Crippen molar-refractivity contribution in [1.82, 2.24) is 4.98 Å². The number of rotatable bonds is 3. The first-order chi connectivity index (χ1) is 8.11. The molecule has 0 aliphatic carbocycles. The summed E-state index contributed by atoms with van der Waals surface area (Å²) < 4.78 is 76.2. The minimum absolute atomic E-state index is 0.0487. The Labute approximate surface area is 94.1 Å². The lowest BCUT2D eigenvalue weighted by Gasteiger charge is -2.12. The Morgan fingerprint density at radius 3 is 2.33 bits per heavy atom. The molecule has 0 bridgehead atoms. The molecule has 0 spiro atoms. The van der Waals surface area contributed by atoms with Crippen LogP contribution in [0.2, 0.25) is 0 Å². The van der Waals surface area contributed by atoms with Crippen molar-refractivity contribution in [2.24, 2.45) is 0 Å². The second-order valence-corrected chi connectivity index (χ2v) is 2.78. The van der Waals surface area contributed by atoms with Crippen molar-refractivity contribution in [3.63, 3.8) is 0 Å². The number of hydrogen-bond donors (Lipinski definition) is 0. The number of pyridine rings is 1. The van der Waals surface area contributed by atoms with Crippen LogP contribution in [-0.4, -0.2) is 16.3 Å². The van der Waals surface area contributed by atoms with Gasteiger partial charge in [0.2, 0.25) is 11.7 Å². The largest absolute Gasteiger partial charge is 0.573 e. The summed E-state index contributed by atoms with van der Waals surface area (Å²) in [5.41, 5.74) is -3.38. The van der Waals surface area contributed by atoms with Crippen molar-refractivity contribution >= 4 is 5.69 Å². The summed E-state index contributed by atoms with van der Waals surface area (Å²) in [7, 11) is 0. The van der Waals surface area contributed by atoms with Crippen molar-refractivity contribution in [1.29, 1.82) is 0 Å². The van der Waals surface area contributed by atoms with Crippen LogP contribution in [0.15, 0.2) is 6.07 Å². The second kappa shape index (κ2) is 4.66. The Kier molecular flexibility index (Phi) is 3.62. The van der Waals surface area contributed by atoms with Crippen LogP contribution in [0.4, 0.5) is 32.0 Å². The molecule has 0 aliphatic rings. The zero-order valence-electron chi connectivity index (χ0n) is 8.04. The summed E-state index contributed by atoms with van der Waals surface area (Å²) in [6.07, 6.45) is -9.12. The predicted molar refractivity (Wildman–Crippen MR) is 42.5 cm³/mol. The minimum atomic E-state index is -5.45. The first-order valence-electron chi connectivity index (χ1n) is 4.00. The van der Waals surface area contributed by atoms with Gasteiger partial charge in [0.15, 0.2) is 5.69 Å². The summed E-state index contributed by atoms with van der Waals surface area (Å²) in [4.78, 5) is 11.3. The Bertz CT molecular complexity index is 475. The quantitative estimate of drug-likeness (QED) is 0.368. The molecule has 0 saturated heterocycles. The van der Waals surface area contributed by atoms with Gasteiger partial charge in [-0.3, -0.25) is 10.1 Å². The molecule has 0 amide bonds. The van der Waals surface area contributed by atoms with Crippen molar-refractivity contribution in [2.75, 3.05) is 0 Å². The lowest BCUT2D eigenvalue weighted by atomic mass is 10.3. The third-order valence-electron chi connectivity index (χ3n) is 1.57. The number of ether oxygens (including phenoxy) is 1. The first-order valence-corrected chi connectivity index (χ1v) is 4.00. The summed E-state index contributed by atoms with van der Waals surface area (Å²) in [5.74, 6) is -3.55. The van der Waals surface area contributed by atoms with Crippen LogP contribution in [0.25, 0.3) is 0 Å². The molecule has 0 saturated carbocycles. The summed E-state index contributed by atoms with van der Waals surface area (Å²) in [5, 5.41) is 10.4. The fourth-order valence-electron chi connectivity index (χ4n) is 1.01. The maximum atomic E-state index is 12.7. The minimum Gasteiger partial charge on any atom is -0.396 e. The number of nitrogens with zero attached hydrogens (tertiary/aromatic N) is 2. The van der Waals surface area contributed by atoms with Gasteiger partial charge in [0.25, 0.3) is 6.43 Å². The van der Waals surface area contributed by atoms with Gasteiger partial charge < -0.3 is 4.74 Å². The normalized spacial score (nSPS) is 11.7. The predicted octanol–water partition coefficient (Wildman–Crippen LogP) is 2.97.